The van der Waals surface area contributed by atoms with E-state index in [1.165, 1.54) is 51.5 Å². The van der Waals surface area contributed by atoms with Gasteiger partial charge in [0.2, 0.25) is 0 Å². The first kappa shape index (κ1) is 14.3. The van der Waals surface area contributed by atoms with Gasteiger partial charge in [-0.2, -0.15) is 0 Å². The van der Waals surface area contributed by atoms with Gasteiger partial charge in [0.15, 0.2) is 0 Å². The molecule has 3 heterocycles. The Morgan fingerprint density at radius 3 is 2.55 bits per heavy atom. The predicted octanol–water partition coefficient (Wildman–Crippen LogP) is 1.83. The molecule has 0 spiro atoms. The van der Waals surface area contributed by atoms with Crippen LogP contribution in [0.3, 0.4) is 0 Å². The van der Waals surface area contributed by atoms with Crippen molar-refractivity contribution in [3.05, 3.63) is 20.3 Å². The second-order valence-corrected chi connectivity index (χ2v) is 6.76. The van der Waals surface area contributed by atoms with E-state index in [0.717, 1.165) is 24.9 Å². The van der Waals surface area contributed by atoms with Crippen LogP contribution in [0.25, 0.3) is 0 Å². The number of aromatic amines is 1. The molecule has 0 unspecified atom stereocenters. The van der Waals surface area contributed by atoms with Crippen LogP contribution in [0.15, 0.2) is 11.1 Å². The Labute approximate surface area is 132 Å². The van der Waals surface area contributed by atoms with Gasteiger partial charge in [-0.3, -0.25) is 4.79 Å². The molecule has 0 amide bonds. The van der Waals surface area contributed by atoms with Crippen molar-refractivity contribution in [2.24, 2.45) is 0 Å². The molecule has 2 saturated heterocycles. The van der Waals surface area contributed by atoms with E-state index in [4.69, 9.17) is 0 Å². The first-order valence-electron chi connectivity index (χ1n) is 7.48. The highest BCUT2D eigenvalue weighted by Crippen LogP contribution is 2.24. The number of halogens is 1. The molecule has 2 aliphatic rings. The van der Waals surface area contributed by atoms with Crippen LogP contribution in [0.1, 0.15) is 32.1 Å². The Bertz CT molecular complexity index is 504. The zero-order valence-corrected chi connectivity index (χ0v) is 13.8. The standard InChI is InChI=1S/C14H21IN4O/c15-12-13(16-10-17-14(12)20)19-8-4-11(5-9-19)18-6-2-1-3-7-18/h10-11H,1-9H2,(H,16,17,20). The molecule has 1 aromatic rings. The van der Waals surface area contributed by atoms with E-state index in [9.17, 15) is 4.79 Å². The van der Waals surface area contributed by atoms with Gasteiger partial charge in [0, 0.05) is 19.1 Å². The van der Waals surface area contributed by atoms with Crippen LogP contribution in [0, 0.1) is 3.57 Å². The fraction of sp³-hybridized carbons (Fsp3) is 0.714. The van der Waals surface area contributed by atoms with Gasteiger partial charge in [-0.05, 0) is 61.4 Å². The molecule has 0 aromatic carbocycles. The van der Waals surface area contributed by atoms with Gasteiger partial charge < -0.3 is 14.8 Å². The Hall–Kier alpha value is -0.630. The first-order valence-corrected chi connectivity index (χ1v) is 8.56. The predicted molar refractivity (Wildman–Crippen MR) is 88.2 cm³/mol. The Balaban J connectivity index is 1.63. The number of anilines is 1. The molecule has 20 heavy (non-hydrogen) atoms. The third-order valence-electron chi connectivity index (χ3n) is 4.45. The maximum atomic E-state index is 11.7. The number of likely N-dealkylation sites (tertiary alicyclic amines) is 1. The summed E-state index contributed by atoms with van der Waals surface area (Å²) in [5.74, 6) is 0.853. The topological polar surface area (TPSA) is 52.2 Å². The van der Waals surface area contributed by atoms with E-state index in [0.29, 0.717) is 3.57 Å². The smallest absolute Gasteiger partial charge is 0.266 e. The zero-order valence-electron chi connectivity index (χ0n) is 11.6. The maximum absolute atomic E-state index is 11.7. The lowest BCUT2D eigenvalue weighted by molar-refractivity contribution is 0.141. The summed E-state index contributed by atoms with van der Waals surface area (Å²) < 4.78 is 0.710. The summed E-state index contributed by atoms with van der Waals surface area (Å²) in [6.07, 6.45) is 7.98. The minimum Gasteiger partial charge on any atom is -0.355 e. The Morgan fingerprint density at radius 2 is 1.85 bits per heavy atom. The summed E-state index contributed by atoms with van der Waals surface area (Å²) in [5.41, 5.74) is -0.0336. The van der Waals surface area contributed by atoms with Crippen molar-refractivity contribution in [1.82, 2.24) is 14.9 Å². The molecule has 0 bridgehead atoms. The molecule has 1 N–H and O–H groups in total. The van der Waals surface area contributed by atoms with Crippen molar-refractivity contribution in [2.45, 2.75) is 38.1 Å². The maximum Gasteiger partial charge on any atom is 0.266 e. The third-order valence-corrected chi connectivity index (χ3v) is 5.42. The molecule has 0 aliphatic carbocycles. The summed E-state index contributed by atoms with van der Waals surface area (Å²) in [5, 5.41) is 0. The van der Waals surface area contributed by atoms with Crippen LogP contribution < -0.4 is 10.5 Å². The fourth-order valence-electron chi connectivity index (χ4n) is 3.32. The van der Waals surface area contributed by atoms with E-state index in [1.807, 2.05) is 0 Å². The lowest BCUT2D eigenvalue weighted by atomic mass is 10.00. The van der Waals surface area contributed by atoms with Crippen molar-refractivity contribution in [2.75, 3.05) is 31.1 Å². The van der Waals surface area contributed by atoms with Gasteiger partial charge in [0.05, 0.1) is 6.33 Å². The van der Waals surface area contributed by atoms with Gasteiger partial charge in [0.25, 0.3) is 5.56 Å². The van der Waals surface area contributed by atoms with Crippen molar-refractivity contribution in [1.29, 1.82) is 0 Å². The minimum atomic E-state index is -0.0336. The molecule has 0 saturated carbocycles. The Kier molecular flexibility index (Phi) is 4.60. The molecule has 110 valence electrons. The fourth-order valence-corrected chi connectivity index (χ4v) is 3.96. The lowest BCUT2D eigenvalue weighted by Gasteiger charge is -2.40. The molecule has 0 atom stereocenters. The molecule has 3 rings (SSSR count). The van der Waals surface area contributed by atoms with Gasteiger partial charge >= 0.3 is 0 Å². The second kappa shape index (κ2) is 6.43. The Morgan fingerprint density at radius 1 is 1.15 bits per heavy atom. The molecule has 2 fully saturated rings. The van der Waals surface area contributed by atoms with Gasteiger partial charge in [0.1, 0.15) is 9.39 Å². The average molecular weight is 388 g/mol. The summed E-state index contributed by atoms with van der Waals surface area (Å²) >= 11 is 2.10. The van der Waals surface area contributed by atoms with E-state index in [-0.39, 0.29) is 5.56 Å². The number of nitrogens with one attached hydrogen (secondary N) is 1. The van der Waals surface area contributed by atoms with Crippen LogP contribution in [0.2, 0.25) is 0 Å². The highest BCUT2D eigenvalue weighted by Gasteiger charge is 2.27. The van der Waals surface area contributed by atoms with Crippen LogP contribution >= 0.6 is 22.6 Å². The molecule has 2 aliphatic heterocycles. The van der Waals surface area contributed by atoms with Crippen molar-refractivity contribution in [3.63, 3.8) is 0 Å². The van der Waals surface area contributed by atoms with Crippen molar-refractivity contribution in [3.8, 4) is 0 Å². The summed E-state index contributed by atoms with van der Waals surface area (Å²) in [4.78, 5) is 23.6. The monoisotopic (exact) mass is 388 g/mol. The summed E-state index contributed by atoms with van der Waals surface area (Å²) in [6, 6.07) is 0.728. The highest BCUT2D eigenvalue weighted by atomic mass is 127. The third kappa shape index (κ3) is 3.00. The number of rotatable bonds is 2. The van der Waals surface area contributed by atoms with Crippen molar-refractivity contribution < 1.29 is 0 Å². The quantitative estimate of drug-likeness (QED) is 0.786. The molecule has 0 radical (unpaired) electrons. The van der Waals surface area contributed by atoms with Crippen molar-refractivity contribution >= 4 is 28.4 Å². The lowest BCUT2D eigenvalue weighted by Crippen LogP contribution is -2.47. The van der Waals surface area contributed by atoms with E-state index in [1.54, 1.807) is 0 Å². The molecule has 6 heteroatoms. The minimum absolute atomic E-state index is 0.0336. The molecular formula is C14H21IN4O. The van der Waals surface area contributed by atoms with Gasteiger partial charge in [-0.25, -0.2) is 4.98 Å². The normalized spacial score (nSPS) is 22.1. The average Bonchev–Trinajstić information content (AvgIpc) is 2.51. The number of hydrogen-bond acceptors (Lipinski definition) is 4. The molecule has 5 nitrogen and oxygen atoms in total. The summed E-state index contributed by atoms with van der Waals surface area (Å²) in [7, 11) is 0. The van der Waals surface area contributed by atoms with Crippen LogP contribution in [0.4, 0.5) is 5.82 Å². The molecular weight excluding hydrogens is 367 g/mol. The van der Waals surface area contributed by atoms with E-state index < -0.39 is 0 Å². The van der Waals surface area contributed by atoms with Crippen LogP contribution in [-0.2, 0) is 0 Å². The van der Waals surface area contributed by atoms with Crippen LogP contribution in [-0.4, -0.2) is 47.1 Å². The number of nitrogens with zero attached hydrogens (tertiary/aromatic N) is 3. The number of H-pyrrole nitrogens is 1. The number of hydrogen-bond donors (Lipinski definition) is 1. The molecule has 1 aromatic heterocycles. The zero-order chi connectivity index (χ0) is 13.9. The van der Waals surface area contributed by atoms with Gasteiger partial charge in [-0.15, -0.1) is 0 Å². The van der Waals surface area contributed by atoms with E-state index >= 15 is 0 Å². The highest BCUT2D eigenvalue weighted by molar-refractivity contribution is 14.1. The largest absolute Gasteiger partial charge is 0.355 e. The van der Waals surface area contributed by atoms with Gasteiger partial charge in [-0.1, -0.05) is 6.42 Å². The van der Waals surface area contributed by atoms with Crippen LogP contribution in [0.5, 0.6) is 0 Å². The number of aromatic nitrogens is 2. The van der Waals surface area contributed by atoms with E-state index in [2.05, 4.69) is 42.4 Å². The second-order valence-electron chi connectivity index (χ2n) is 5.68. The number of piperidine rings is 2. The summed E-state index contributed by atoms with van der Waals surface area (Å²) in [6.45, 7) is 4.55. The SMILES string of the molecule is O=c1[nH]cnc(N2CCC(N3CCCCC3)CC2)c1I. The first-order chi connectivity index (χ1) is 9.75.